The van der Waals surface area contributed by atoms with E-state index in [2.05, 4.69) is 32.2 Å². The first kappa shape index (κ1) is 12.4. The molecule has 0 spiro atoms. The summed E-state index contributed by atoms with van der Waals surface area (Å²) in [6.07, 6.45) is 4.65. The monoisotopic (exact) mass is 261 g/mol. The van der Waals surface area contributed by atoms with Crippen LogP contribution in [-0.2, 0) is 0 Å². The molecule has 3 heterocycles. The van der Waals surface area contributed by atoms with Crippen LogP contribution in [-0.4, -0.2) is 53.6 Å². The molecule has 0 amide bonds. The highest BCUT2D eigenvalue weighted by atomic mass is 16.5. The molecule has 0 aliphatic carbocycles. The van der Waals surface area contributed by atoms with Crippen LogP contribution in [0.15, 0.2) is 12.5 Å². The molecule has 3 rings (SSSR count). The zero-order chi connectivity index (χ0) is 13.2. The van der Waals surface area contributed by atoms with E-state index in [1.807, 2.05) is 6.20 Å². The number of nitrogens with zero attached hydrogens (tertiary/aromatic N) is 3. The Hall–Kier alpha value is -1.66. The Labute approximate surface area is 112 Å². The second-order valence-electron chi connectivity index (χ2n) is 4.95. The molecule has 6 heteroatoms. The third-order valence-electron chi connectivity index (χ3n) is 3.71. The van der Waals surface area contributed by atoms with Crippen molar-refractivity contribution >= 4 is 11.0 Å². The van der Waals surface area contributed by atoms with E-state index in [1.165, 1.54) is 5.56 Å². The van der Waals surface area contributed by atoms with Crippen molar-refractivity contribution in [3.63, 3.8) is 0 Å². The fraction of sp³-hybridized carbons (Fsp3) is 0.538. The second-order valence-corrected chi connectivity index (χ2v) is 4.95. The van der Waals surface area contributed by atoms with Gasteiger partial charge in [-0.25, -0.2) is 4.98 Å². The minimum absolute atomic E-state index is 0.332. The molecule has 1 atom stereocenters. The minimum atomic E-state index is 0.332. The van der Waals surface area contributed by atoms with Crippen molar-refractivity contribution in [3.8, 4) is 5.88 Å². The van der Waals surface area contributed by atoms with Crippen LogP contribution in [0, 0.1) is 0 Å². The van der Waals surface area contributed by atoms with Gasteiger partial charge in [0.25, 0.3) is 0 Å². The van der Waals surface area contributed by atoms with Gasteiger partial charge >= 0.3 is 0 Å². The highest BCUT2D eigenvalue weighted by Gasteiger charge is 2.21. The molecule has 102 valence electrons. The van der Waals surface area contributed by atoms with Crippen LogP contribution in [0.3, 0.4) is 0 Å². The summed E-state index contributed by atoms with van der Waals surface area (Å²) < 4.78 is 5.26. The van der Waals surface area contributed by atoms with Gasteiger partial charge in [-0.2, -0.15) is 4.98 Å². The van der Waals surface area contributed by atoms with Crippen LogP contribution in [0.2, 0.25) is 0 Å². The van der Waals surface area contributed by atoms with E-state index in [1.54, 1.807) is 13.4 Å². The second kappa shape index (κ2) is 5.14. The molecule has 0 radical (unpaired) electrons. The van der Waals surface area contributed by atoms with Crippen LogP contribution >= 0.6 is 0 Å². The number of nitrogens with one attached hydrogen (secondary N) is 2. The van der Waals surface area contributed by atoms with Crippen LogP contribution < -0.4 is 10.1 Å². The summed E-state index contributed by atoms with van der Waals surface area (Å²) in [6.45, 7) is 3.17. The van der Waals surface area contributed by atoms with Gasteiger partial charge in [0.2, 0.25) is 5.88 Å². The Morgan fingerprint density at radius 1 is 1.37 bits per heavy atom. The summed E-state index contributed by atoms with van der Waals surface area (Å²) >= 11 is 0. The van der Waals surface area contributed by atoms with Gasteiger partial charge in [-0.3, -0.25) is 0 Å². The lowest BCUT2D eigenvalue weighted by atomic mass is 10.1. The molecule has 0 saturated carbocycles. The highest BCUT2D eigenvalue weighted by Crippen LogP contribution is 2.29. The Kier molecular flexibility index (Phi) is 3.35. The smallest absolute Gasteiger partial charge is 0.241 e. The molecule has 0 aromatic carbocycles. The predicted octanol–water partition coefficient (Wildman–Crippen LogP) is 0.933. The molecule has 2 N–H and O–H groups in total. The number of aromatic nitrogens is 3. The molecule has 19 heavy (non-hydrogen) atoms. The Morgan fingerprint density at radius 2 is 2.26 bits per heavy atom. The fourth-order valence-corrected chi connectivity index (χ4v) is 2.62. The zero-order valence-electron chi connectivity index (χ0n) is 11.3. The van der Waals surface area contributed by atoms with Crippen molar-refractivity contribution in [1.82, 2.24) is 25.2 Å². The van der Waals surface area contributed by atoms with Gasteiger partial charge < -0.3 is 19.9 Å². The van der Waals surface area contributed by atoms with E-state index in [9.17, 15) is 0 Å². The first-order chi connectivity index (χ1) is 9.29. The van der Waals surface area contributed by atoms with E-state index in [0.717, 1.165) is 37.1 Å². The van der Waals surface area contributed by atoms with Crippen molar-refractivity contribution < 1.29 is 4.74 Å². The maximum Gasteiger partial charge on any atom is 0.241 e. The lowest BCUT2D eigenvalue weighted by Crippen LogP contribution is -2.25. The Balaban J connectivity index is 1.96. The van der Waals surface area contributed by atoms with Gasteiger partial charge in [0, 0.05) is 30.9 Å². The van der Waals surface area contributed by atoms with Gasteiger partial charge in [0.05, 0.1) is 7.11 Å². The fourth-order valence-electron chi connectivity index (χ4n) is 2.62. The van der Waals surface area contributed by atoms with Gasteiger partial charge in [-0.05, 0) is 20.0 Å². The third kappa shape index (κ3) is 2.29. The number of H-pyrrole nitrogens is 1. The molecule has 0 bridgehead atoms. The molecule has 1 unspecified atom stereocenters. The topological polar surface area (TPSA) is 66.1 Å². The Bertz CT molecular complexity index is 567. The van der Waals surface area contributed by atoms with Crippen molar-refractivity contribution in [2.24, 2.45) is 0 Å². The van der Waals surface area contributed by atoms with Crippen LogP contribution in [0.25, 0.3) is 11.0 Å². The summed E-state index contributed by atoms with van der Waals surface area (Å²) in [6, 6.07) is 0.332. The zero-order valence-corrected chi connectivity index (χ0v) is 11.3. The largest absolute Gasteiger partial charge is 0.479 e. The van der Waals surface area contributed by atoms with E-state index in [4.69, 9.17) is 4.74 Å². The standard InChI is InChI=1S/C13H19N5O/c1-18-5-3-10(14-4-6-18)9-7-15-12-11(9)16-8-17-13(12)19-2/h7-8,10,14-15H,3-6H2,1-2H3. The summed E-state index contributed by atoms with van der Waals surface area (Å²) in [4.78, 5) is 14.1. The number of aromatic amines is 1. The molecule has 2 aromatic heterocycles. The SMILES string of the molecule is COc1ncnc2c(C3CCN(C)CCN3)c[nH]c12. The summed E-state index contributed by atoms with van der Waals surface area (Å²) in [5.41, 5.74) is 3.03. The molecular weight excluding hydrogens is 242 g/mol. The number of fused-ring (bicyclic) bond motifs is 1. The molecule has 1 fully saturated rings. The summed E-state index contributed by atoms with van der Waals surface area (Å²) in [7, 11) is 3.78. The van der Waals surface area contributed by atoms with Crippen molar-refractivity contribution in [2.45, 2.75) is 12.5 Å². The molecule has 1 aliphatic heterocycles. The maximum absolute atomic E-state index is 5.26. The Morgan fingerprint density at radius 3 is 3.11 bits per heavy atom. The average Bonchev–Trinajstić information content (AvgIpc) is 2.75. The number of methoxy groups -OCH3 is 1. The average molecular weight is 261 g/mol. The quantitative estimate of drug-likeness (QED) is 0.842. The van der Waals surface area contributed by atoms with E-state index < -0.39 is 0 Å². The molecule has 1 saturated heterocycles. The number of likely N-dealkylation sites (N-methyl/N-ethyl adjacent to an activating group) is 1. The molecule has 6 nitrogen and oxygen atoms in total. The number of hydrogen-bond acceptors (Lipinski definition) is 5. The van der Waals surface area contributed by atoms with Gasteiger partial charge in [-0.15, -0.1) is 0 Å². The third-order valence-corrected chi connectivity index (χ3v) is 3.71. The minimum Gasteiger partial charge on any atom is -0.479 e. The van der Waals surface area contributed by atoms with Crippen molar-refractivity contribution in [2.75, 3.05) is 33.8 Å². The predicted molar refractivity (Wildman–Crippen MR) is 73.3 cm³/mol. The van der Waals surface area contributed by atoms with E-state index in [0.29, 0.717) is 11.9 Å². The number of hydrogen-bond donors (Lipinski definition) is 2. The maximum atomic E-state index is 5.26. The van der Waals surface area contributed by atoms with Crippen molar-refractivity contribution in [1.29, 1.82) is 0 Å². The van der Waals surface area contributed by atoms with Crippen LogP contribution in [0.1, 0.15) is 18.0 Å². The number of ether oxygens (including phenoxy) is 1. The first-order valence-corrected chi connectivity index (χ1v) is 6.57. The molecule has 2 aromatic rings. The molecule has 1 aliphatic rings. The van der Waals surface area contributed by atoms with E-state index >= 15 is 0 Å². The molecular formula is C13H19N5O. The summed E-state index contributed by atoms with van der Waals surface area (Å²) in [5.74, 6) is 0.599. The van der Waals surface area contributed by atoms with Crippen LogP contribution in [0.4, 0.5) is 0 Å². The first-order valence-electron chi connectivity index (χ1n) is 6.57. The summed E-state index contributed by atoms with van der Waals surface area (Å²) in [5, 5.41) is 3.58. The van der Waals surface area contributed by atoms with Crippen molar-refractivity contribution in [3.05, 3.63) is 18.1 Å². The lowest BCUT2D eigenvalue weighted by Gasteiger charge is -2.14. The highest BCUT2D eigenvalue weighted by molar-refractivity contribution is 5.83. The van der Waals surface area contributed by atoms with Gasteiger partial charge in [-0.1, -0.05) is 0 Å². The normalized spacial score (nSPS) is 21.5. The van der Waals surface area contributed by atoms with Crippen LogP contribution in [0.5, 0.6) is 5.88 Å². The van der Waals surface area contributed by atoms with Gasteiger partial charge in [0.15, 0.2) is 0 Å². The van der Waals surface area contributed by atoms with E-state index in [-0.39, 0.29) is 0 Å². The van der Waals surface area contributed by atoms with Gasteiger partial charge in [0.1, 0.15) is 17.4 Å². The number of rotatable bonds is 2. The lowest BCUT2D eigenvalue weighted by molar-refractivity contribution is 0.355.